The lowest BCUT2D eigenvalue weighted by Gasteiger charge is -2.13. The number of benzene rings is 2. The normalized spacial score (nSPS) is 10.8. The van der Waals surface area contributed by atoms with Gasteiger partial charge in [0.25, 0.3) is 5.56 Å². The van der Waals surface area contributed by atoms with Crippen LogP contribution in [0, 0.1) is 5.82 Å². The van der Waals surface area contributed by atoms with Crippen LogP contribution < -0.4 is 10.3 Å². The summed E-state index contributed by atoms with van der Waals surface area (Å²) < 4.78 is 20.4. The van der Waals surface area contributed by atoms with Crippen molar-refractivity contribution in [2.45, 2.75) is 12.8 Å². The number of aliphatic carboxylic acids is 1. The van der Waals surface area contributed by atoms with Crippen LogP contribution in [-0.2, 0) is 11.8 Å². The highest BCUT2D eigenvalue weighted by Gasteiger charge is 2.22. The van der Waals surface area contributed by atoms with Gasteiger partial charge in [-0.15, -0.1) is 0 Å². The largest absolute Gasteiger partial charge is 0.506 e. The molecule has 2 aromatic carbocycles. The number of ether oxygens (including phenoxy) is 1. The average Bonchev–Trinajstić information content (AvgIpc) is 2.66. The van der Waals surface area contributed by atoms with Crippen molar-refractivity contribution in [3.8, 4) is 17.2 Å². The van der Waals surface area contributed by atoms with Gasteiger partial charge in [0.05, 0.1) is 11.9 Å². The number of carbonyl (C=O) groups excluding carboxylic acids is 1. The molecule has 0 saturated carbocycles. The third-order valence-electron chi connectivity index (χ3n) is 4.25. The molecule has 7 nitrogen and oxygen atoms in total. The number of para-hydroxylation sites is 1. The number of ketones is 1. The van der Waals surface area contributed by atoms with Crippen LogP contribution in [0.15, 0.2) is 47.3 Å². The molecule has 0 aliphatic heterocycles. The van der Waals surface area contributed by atoms with Gasteiger partial charge < -0.3 is 19.5 Å². The van der Waals surface area contributed by atoms with Crippen molar-refractivity contribution >= 4 is 22.7 Å². The fourth-order valence-electron chi connectivity index (χ4n) is 2.82. The zero-order valence-electron chi connectivity index (χ0n) is 14.8. The number of nitrogens with zero attached hydrogens (tertiary/aromatic N) is 1. The zero-order chi connectivity index (χ0) is 20.4. The minimum atomic E-state index is -1.18. The standard InChI is InChI=1S/C20H16FNO6/c1-22-14-10-11(28-16-5-3-2-4-13(16)21)6-7-12(14)19(26)18(20(22)27)15(23)8-9-17(24)25/h2-7,10,26H,8-9H2,1H3,(H,24,25). The number of aromatic hydroxyl groups is 1. The SMILES string of the molecule is Cn1c(=O)c(C(=O)CCC(=O)O)c(O)c2ccc(Oc3ccccc3F)cc21. The number of hydrogen-bond donors (Lipinski definition) is 2. The molecule has 0 bridgehead atoms. The number of carbonyl (C=O) groups is 2. The average molecular weight is 385 g/mol. The van der Waals surface area contributed by atoms with E-state index in [1.807, 2.05) is 0 Å². The van der Waals surface area contributed by atoms with Crippen LogP contribution in [-0.4, -0.2) is 26.5 Å². The van der Waals surface area contributed by atoms with Gasteiger partial charge in [-0.25, -0.2) is 4.39 Å². The number of carboxylic acid groups (broad SMARTS) is 1. The first-order chi connectivity index (χ1) is 13.3. The number of aryl methyl sites for hydroxylation is 1. The summed E-state index contributed by atoms with van der Waals surface area (Å²) >= 11 is 0. The molecule has 0 unspecified atom stereocenters. The van der Waals surface area contributed by atoms with Gasteiger partial charge in [0.15, 0.2) is 17.3 Å². The molecule has 0 radical (unpaired) electrons. The second-order valence-corrected chi connectivity index (χ2v) is 6.12. The third-order valence-corrected chi connectivity index (χ3v) is 4.25. The molecule has 2 N–H and O–H groups in total. The van der Waals surface area contributed by atoms with Crippen molar-refractivity contribution in [3.63, 3.8) is 0 Å². The van der Waals surface area contributed by atoms with Gasteiger partial charge in [0.2, 0.25) is 0 Å². The first-order valence-electron chi connectivity index (χ1n) is 8.32. The number of hydrogen-bond acceptors (Lipinski definition) is 5. The molecule has 3 aromatic rings. The summed E-state index contributed by atoms with van der Waals surface area (Å²) in [6.45, 7) is 0. The van der Waals surface area contributed by atoms with Crippen molar-refractivity contribution in [2.75, 3.05) is 0 Å². The summed E-state index contributed by atoms with van der Waals surface area (Å²) in [6, 6.07) is 10.2. The Kier molecular flexibility index (Phi) is 5.12. The molecule has 144 valence electrons. The molecule has 0 fully saturated rings. The Balaban J connectivity index is 2.06. The number of carboxylic acids is 1. The van der Waals surface area contributed by atoms with E-state index in [1.165, 1.54) is 43.4 Å². The van der Waals surface area contributed by atoms with E-state index < -0.39 is 47.3 Å². The van der Waals surface area contributed by atoms with E-state index in [4.69, 9.17) is 9.84 Å². The van der Waals surface area contributed by atoms with Gasteiger partial charge in [-0.3, -0.25) is 14.4 Å². The summed E-state index contributed by atoms with van der Waals surface area (Å²) in [5.41, 5.74) is -0.950. The quantitative estimate of drug-likeness (QED) is 0.631. The molecule has 0 aliphatic rings. The summed E-state index contributed by atoms with van der Waals surface area (Å²) in [6.07, 6.45) is -0.854. The second kappa shape index (κ2) is 7.51. The van der Waals surface area contributed by atoms with Crippen LogP contribution in [0.25, 0.3) is 10.9 Å². The van der Waals surface area contributed by atoms with Gasteiger partial charge in [-0.2, -0.15) is 0 Å². The topological polar surface area (TPSA) is 106 Å². The Hall–Kier alpha value is -3.68. The Morgan fingerprint density at radius 2 is 1.86 bits per heavy atom. The predicted octanol–water partition coefficient (Wildman–Crippen LogP) is 3.22. The highest BCUT2D eigenvalue weighted by atomic mass is 19.1. The molecular formula is C20H16FNO6. The molecule has 3 rings (SSSR count). The minimum absolute atomic E-state index is 0.00320. The monoisotopic (exact) mass is 385 g/mol. The van der Waals surface area contributed by atoms with Gasteiger partial charge in [0.1, 0.15) is 17.1 Å². The highest BCUT2D eigenvalue weighted by molar-refractivity contribution is 6.04. The van der Waals surface area contributed by atoms with Gasteiger partial charge in [0, 0.05) is 24.9 Å². The molecule has 1 aromatic heterocycles. The van der Waals surface area contributed by atoms with E-state index in [0.29, 0.717) is 0 Å². The number of pyridine rings is 1. The summed E-state index contributed by atoms with van der Waals surface area (Å²) in [5, 5.41) is 19.3. The molecule has 0 amide bonds. The van der Waals surface area contributed by atoms with Crippen molar-refractivity contribution in [3.05, 3.63) is 64.2 Å². The molecule has 0 spiro atoms. The minimum Gasteiger partial charge on any atom is -0.506 e. The van der Waals surface area contributed by atoms with Gasteiger partial charge in [-0.1, -0.05) is 12.1 Å². The summed E-state index contributed by atoms with van der Waals surface area (Å²) in [7, 11) is 1.41. The molecule has 8 heteroatoms. The van der Waals surface area contributed by atoms with Crippen molar-refractivity contribution < 1.29 is 28.9 Å². The maximum atomic E-state index is 13.8. The van der Waals surface area contributed by atoms with Crippen LogP contribution in [0.4, 0.5) is 4.39 Å². The maximum absolute atomic E-state index is 13.8. The van der Waals surface area contributed by atoms with E-state index >= 15 is 0 Å². The predicted molar refractivity (Wildman–Crippen MR) is 98.5 cm³/mol. The highest BCUT2D eigenvalue weighted by Crippen LogP contribution is 2.32. The lowest BCUT2D eigenvalue weighted by molar-refractivity contribution is -0.136. The fraction of sp³-hybridized carbons (Fsp3) is 0.150. The third kappa shape index (κ3) is 3.57. The van der Waals surface area contributed by atoms with E-state index in [0.717, 1.165) is 4.57 Å². The lowest BCUT2D eigenvalue weighted by Crippen LogP contribution is -2.25. The number of aromatic nitrogens is 1. The molecule has 0 aliphatic carbocycles. The van der Waals surface area contributed by atoms with E-state index in [9.17, 15) is 23.9 Å². The van der Waals surface area contributed by atoms with Crippen LogP contribution in [0.2, 0.25) is 0 Å². The number of Topliss-reactive ketones (excluding diaryl/α,β-unsaturated/α-hetero) is 1. The van der Waals surface area contributed by atoms with E-state index in [-0.39, 0.29) is 22.4 Å². The molecular weight excluding hydrogens is 369 g/mol. The maximum Gasteiger partial charge on any atom is 0.303 e. The van der Waals surface area contributed by atoms with Crippen LogP contribution in [0.1, 0.15) is 23.2 Å². The first kappa shape index (κ1) is 19.1. The first-order valence-corrected chi connectivity index (χ1v) is 8.32. The Labute approximate surface area is 158 Å². The van der Waals surface area contributed by atoms with Crippen molar-refractivity contribution in [1.29, 1.82) is 0 Å². The lowest BCUT2D eigenvalue weighted by atomic mass is 10.0. The van der Waals surface area contributed by atoms with Gasteiger partial charge in [-0.05, 0) is 24.3 Å². The van der Waals surface area contributed by atoms with Crippen LogP contribution in [0.5, 0.6) is 17.2 Å². The summed E-state index contributed by atoms with van der Waals surface area (Å²) in [4.78, 5) is 35.4. The molecule has 0 saturated heterocycles. The van der Waals surface area contributed by atoms with Crippen LogP contribution >= 0.6 is 0 Å². The van der Waals surface area contributed by atoms with Gasteiger partial charge >= 0.3 is 5.97 Å². The Morgan fingerprint density at radius 1 is 1.14 bits per heavy atom. The van der Waals surface area contributed by atoms with Crippen molar-refractivity contribution in [2.24, 2.45) is 7.05 Å². The second-order valence-electron chi connectivity index (χ2n) is 6.12. The van der Waals surface area contributed by atoms with Crippen LogP contribution in [0.3, 0.4) is 0 Å². The molecule has 1 heterocycles. The Morgan fingerprint density at radius 3 is 2.54 bits per heavy atom. The molecule has 0 atom stereocenters. The van der Waals surface area contributed by atoms with Crippen molar-refractivity contribution in [1.82, 2.24) is 4.57 Å². The number of halogens is 1. The molecule has 28 heavy (non-hydrogen) atoms. The zero-order valence-corrected chi connectivity index (χ0v) is 14.8. The Bertz CT molecular complexity index is 1150. The van der Waals surface area contributed by atoms with E-state index in [2.05, 4.69) is 0 Å². The smallest absolute Gasteiger partial charge is 0.303 e. The number of rotatable bonds is 6. The fourth-order valence-corrected chi connectivity index (χ4v) is 2.82. The van der Waals surface area contributed by atoms with E-state index in [1.54, 1.807) is 6.07 Å². The summed E-state index contributed by atoms with van der Waals surface area (Å²) in [5.74, 6) is -2.78. The number of fused-ring (bicyclic) bond motifs is 1.